The minimum absolute atomic E-state index is 0.00675. The highest BCUT2D eigenvalue weighted by atomic mass is 32.2. The molecule has 0 aliphatic rings. The number of aryl methyl sites for hydroxylation is 1. The number of hydrogen-bond acceptors (Lipinski definition) is 3. The summed E-state index contributed by atoms with van der Waals surface area (Å²) in [5.41, 5.74) is 0.661. The van der Waals surface area contributed by atoms with Gasteiger partial charge in [0.15, 0.2) is 0 Å². The fourth-order valence-electron chi connectivity index (χ4n) is 2.32. The van der Waals surface area contributed by atoms with Crippen LogP contribution in [0.4, 0.5) is 0 Å². The van der Waals surface area contributed by atoms with Crippen LogP contribution in [-0.4, -0.2) is 25.5 Å². The van der Waals surface area contributed by atoms with Crippen LogP contribution in [0, 0.1) is 5.92 Å². The molecule has 0 fully saturated rings. The zero-order valence-electron chi connectivity index (χ0n) is 12.9. The van der Waals surface area contributed by atoms with Crippen molar-refractivity contribution in [2.45, 2.75) is 51.5 Å². The summed E-state index contributed by atoms with van der Waals surface area (Å²) in [6.45, 7) is 7.67. The Morgan fingerprint density at radius 1 is 1.29 bits per heavy atom. The number of aromatic carboxylic acids is 1. The molecule has 0 amide bonds. The maximum Gasteiger partial charge on any atom is 0.336 e. The largest absolute Gasteiger partial charge is 0.478 e. The van der Waals surface area contributed by atoms with Crippen molar-refractivity contribution in [2.75, 3.05) is 0 Å². The van der Waals surface area contributed by atoms with E-state index in [-0.39, 0.29) is 16.5 Å². The molecule has 1 rings (SSSR count). The molecule has 1 aromatic rings. The third-order valence-electron chi connectivity index (χ3n) is 3.18. The second-order valence-corrected chi connectivity index (χ2v) is 7.34. The van der Waals surface area contributed by atoms with Crippen molar-refractivity contribution in [1.29, 1.82) is 0 Å². The van der Waals surface area contributed by atoms with Crippen LogP contribution >= 0.6 is 0 Å². The lowest BCUT2D eigenvalue weighted by atomic mass is 10.1. The number of nitrogens with one attached hydrogen (secondary N) is 1. The first-order valence-corrected chi connectivity index (χ1v) is 8.54. The normalized spacial score (nSPS) is 13.4. The Morgan fingerprint density at radius 2 is 1.90 bits per heavy atom. The highest BCUT2D eigenvalue weighted by molar-refractivity contribution is 7.89. The van der Waals surface area contributed by atoms with Crippen LogP contribution in [0.2, 0.25) is 0 Å². The lowest BCUT2D eigenvalue weighted by Crippen LogP contribution is -2.33. The molecule has 0 saturated carbocycles. The lowest BCUT2D eigenvalue weighted by Gasteiger charge is -2.16. The Morgan fingerprint density at radius 3 is 2.38 bits per heavy atom. The summed E-state index contributed by atoms with van der Waals surface area (Å²) < 4.78 is 27.2. The number of hydrogen-bond donors (Lipinski definition) is 2. The van der Waals surface area contributed by atoms with Crippen LogP contribution in [0.15, 0.2) is 23.1 Å². The molecule has 6 heteroatoms. The van der Waals surface area contributed by atoms with Crippen LogP contribution in [0.3, 0.4) is 0 Å². The monoisotopic (exact) mass is 313 g/mol. The second kappa shape index (κ2) is 7.04. The molecule has 0 radical (unpaired) electrons. The molecular weight excluding hydrogens is 290 g/mol. The summed E-state index contributed by atoms with van der Waals surface area (Å²) >= 11 is 0. The molecule has 0 aliphatic carbocycles. The molecule has 1 atom stereocenters. The van der Waals surface area contributed by atoms with Gasteiger partial charge in [-0.1, -0.05) is 26.8 Å². The van der Waals surface area contributed by atoms with Crippen molar-refractivity contribution in [3.8, 4) is 0 Å². The van der Waals surface area contributed by atoms with Gasteiger partial charge in [-0.15, -0.1) is 0 Å². The Bertz CT molecular complexity index is 608. The van der Waals surface area contributed by atoms with Crippen molar-refractivity contribution >= 4 is 16.0 Å². The summed E-state index contributed by atoms with van der Waals surface area (Å²) in [6.07, 6.45) is 1.26. The van der Waals surface area contributed by atoms with Crippen LogP contribution in [0.25, 0.3) is 0 Å². The van der Waals surface area contributed by atoms with E-state index >= 15 is 0 Å². The first kappa shape index (κ1) is 17.7. The molecule has 1 aromatic carbocycles. The predicted molar refractivity (Wildman–Crippen MR) is 82.0 cm³/mol. The first-order valence-electron chi connectivity index (χ1n) is 7.06. The quantitative estimate of drug-likeness (QED) is 0.810. The first-order chi connectivity index (χ1) is 9.67. The molecule has 0 aromatic heterocycles. The van der Waals surface area contributed by atoms with Crippen molar-refractivity contribution in [2.24, 2.45) is 5.92 Å². The fourth-order valence-corrected chi connectivity index (χ4v) is 3.60. The van der Waals surface area contributed by atoms with Gasteiger partial charge in [-0.3, -0.25) is 0 Å². The molecule has 1 unspecified atom stereocenters. The number of rotatable bonds is 7. The maximum absolute atomic E-state index is 12.3. The number of carboxylic acid groups (broad SMARTS) is 1. The average Bonchev–Trinajstić information content (AvgIpc) is 2.35. The lowest BCUT2D eigenvalue weighted by molar-refractivity contribution is 0.0695. The van der Waals surface area contributed by atoms with Gasteiger partial charge in [0, 0.05) is 6.04 Å². The molecule has 0 aliphatic heterocycles. The van der Waals surface area contributed by atoms with E-state index in [0.29, 0.717) is 17.9 Å². The summed E-state index contributed by atoms with van der Waals surface area (Å²) in [7, 11) is -3.70. The molecule has 0 heterocycles. The summed E-state index contributed by atoms with van der Waals surface area (Å²) in [5, 5.41) is 9.17. The molecule has 21 heavy (non-hydrogen) atoms. The van der Waals surface area contributed by atoms with Crippen molar-refractivity contribution in [1.82, 2.24) is 4.72 Å². The number of benzene rings is 1. The van der Waals surface area contributed by atoms with Gasteiger partial charge >= 0.3 is 5.97 Å². The maximum atomic E-state index is 12.3. The van der Waals surface area contributed by atoms with Crippen LogP contribution in [-0.2, 0) is 16.4 Å². The van der Waals surface area contributed by atoms with Crippen LogP contribution in [0.5, 0.6) is 0 Å². The van der Waals surface area contributed by atoms with E-state index in [9.17, 15) is 18.3 Å². The molecule has 2 N–H and O–H groups in total. The number of carboxylic acids is 1. The summed E-state index contributed by atoms with van der Waals surface area (Å²) in [6, 6.07) is 4.04. The average molecular weight is 313 g/mol. The van der Waals surface area contributed by atoms with E-state index in [4.69, 9.17) is 0 Å². The summed E-state index contributed by atoms with van der Waals surface area (Å²) in [4.78, 5) is 11.2. The highest BCUT2D eigenvalue weighted by Crippen LogP contribution is 2.18. The van der Waals surface area contributed by atoms with E-state index in [1.165, 1.54) is 12.1 Å². The van der Waals surface area contributed by atoms with Crippen molar-refractivity contribution in [3.05, 3.63) is 29.3 Å². The van der Waals surface area contributed by atoms with Gasteiger partial charge in [0.25, 0.3) is 0 Å². The highest BCUT2D eigenvalue weighted by Gasteiger charge is 2.20. The van der Waals surface area contributed by atoms with E-state index in [1.54, 1.807) is 13.0 Å². The molecule has 0 bridgehead atoms. The molecule has 118 valence electrons. The molecule has 0 spiro atoms. The van der Waals surface area contributed by atoms with E-state index < -0.39 is 16.0 Å². The predicted octanol–water partition coefficient (Wildman–Crippen LogP) is 2.66. The minimum Gasteiger partial charge on any atom is -0.478 e. The Balaban J connectivity index is 3.09. The molecular formula is C15H23NO4S. The number of sulfonamides is 1. The number of carbonyl (C=O) groups is 1. The zero-order valence-corrected chi connectivity index (χ0v) is 13.7. The van der Waals surface area contributed by atoms with Crippen LogP contribution < -0.4 is 4.72 Å². The van der Waals surface area contributed by atoms with Crippen molar-refractivity contribution < 1.29 is 18.3 Å². The molecule has 0 saturated heterocycles. The Labute approximate surface area is 126 Å². The van der Waals surface area contributed by atoms with Crippen LogP contribution in [0.1, 0.15) is 50.0 Å². The third kappa shape index (κ3) is 4.82. The van der Waals surface area contributed by atoms with Gasteiger partial charge in [0.2, 0.25) is 10.0 Å². The standard InChI is InChI=1S/C15H23NO4S/c1-5-12-6-7-13(9-14(12)15(17)18)21(19,20)16-11(4)8-10(2)3/h6-7,9-11,16H,5,8H2,1-4H3,(H,17,18). The Kier molecular flexibility index (Phi) is 5.92. The van der Waals surface area contributed by atoms with E-state index in [1.807, 2.05) is 20.8 Å². The van der Waals surface area contributed by atoms with Gasteiger partial charge < -0.3 is 5.11 Å². The fraction of sp³-hybridized carbons (Fsp3) is 0.533. The SMILES string of the molecule is CCc1ccc(S(=O)(=O)NC(C)CC(C)C)cc1C(=O)O. The van der Waals surface area contributed by atoms with Gasteiger partial charge in [0.05, 0.1) is 10.5 Å². The topological polar surface area (TPSA) is 83.5 Å². The third-order valence-corrected chi connectivity index (χ3v) is 4.77. The van der Waals surface area contributed by atoms with Gasteiger partial charge in [-0.05, 0) is 43.4 Å². The van der Waals surface area contributed by atoms with Crippen molar-refractivity contribution in [3.63, 3.8) is 0 Å². The minimum atomic E-state index is -3.70. The summed E-state index contributed by atoms with van der Waals surface area (Å²) in [5.74, 6) is -0.737. The van der Waals surface area contributed by atoms with Gasteiger partial charge in [-0.25, -0.2) is 17.9 Å². The Hall–Kier alpha value is -1.40. The second-order valence-electron chi connectivity index (χ2n) is 5.63. The van der Waals surface area contributed by atoms with Gasteiger partial charge in [-0.2, -0.15) is 0 Å². The van der Waals surface area contributed by atoms with E-state index in [2.05, 4.69) is 4.72 Å². The van der Waals surface area contributed by atoms with E-state index in [0.717, 1.165) is 6.42 Å². The zero-order chi connectivity index (χ0) is 16.2. The smallest absolute Gasteiger partial charge is 0.336 e. The molecule has 5 nitrogen and oxygen atoms in total. The van der Waals surface area contributed by atoms with Gasteiger partial charge in [0.1, 0.15) is 0 Å².